The van der Waals surface area contributed by atoms with E-state index in [9.17, 15) is 13.2 Å². The Kier molecular flexibility index (Phi) is 5.29. The smallest absolute Gasteiger partial charge is 0.272 e. The summed E-state index contributed by atoms with van der Waals surface area (Å²) in [6, 6.07) is 9.43. The van der Waals surface area contributed by atoms with E-state index in [1.807, 2.05) is 0 Å². The number of halogens is 2. The lowest BCUT2D eigenvalue weighted by atomic mass is 10.3. The van der Waals surface area contributed by atoms with Gasteiger partial charge in [-0.1, -0.05) is 29.3 Å². The Bertz CT molecular complexity index is 883. The lowest BCUT2D eigenvalue weighted by molar-refractivity contribution is 0.0692. The molecule has 0 radical (unpaired) electrons. The molecule has 1 aromatic carbocycles. The topological polar surface area (TPSA) is 70.6 Å². The molecular weight excluding hydrogens is 385 g/mol. The highest BCUT2D eigenvalue weighted by Gasteiger charge is 2.32. The maximum atomic E-state index is 12.8. The second-order valence-corrected chi connectivity index (χ2v) is 8.24. The van der Waals surface area contributed by atoms with Crippen LogP contribution in [0.25, 0.3) is 0 Å². The molecule has 132 valence electrons. The molecule has 0 aliphatic carbocycles. The summed E-state index contributed by atoms with van der Waals surface area (Å²) in [6.07, 6.45) is 1.55. The van der Waals surface area contributed by atoms with Crippen LogP contribution in [0.5, 0.6) is 0 Å². The summed E-state index contributed by atoms with van der Waals surface area (Å²) in [5.74, 6) is -0.210. The van der Waals surface area contributed by atoms with Gasteiger partial charge in [0.1, 0.15) is 10.6 Å². The van der Waals surface area contributed by atoms with Crippen molar-refractivity contribution < 1.29 is 13.2 Å². The fourth-order valence-electron chi connectivity index (χ4n) is 2.60. The van der Waals surface area contributed by atoms with E-state index in [-0.39, 0.29) is 42.0 Å². The molecule has 0 N–H and O–H groups in total. The number of pyridine rings is 1. The minimum absolute atomic E-state index is 0.0221. The van der Waals surface area contributed by atoms with Gasteiger partial charge in [-0.15, -0.1) is 0 Å². The third-order valence-corrected chi connectivity index (χ3v) is 6.54. The molecule has 0 bridgehead atoms. The van der Waals surface area contributed by atoms with Crippen LogP contribution in [0.3, 0.4) is 0 Å². The summed E-state index contributed by atoms with van der Waals surface area (Å²) in [7, 11) is -3.77. The molecule has 1 fully saturated rings. The van der Waals surface area contributed by atoms with Crippen LogP contribution in [0.15, 0.2) is 47.5 Å². The molecule has 0 unspecified atom stereocenters. The first-order chi connectivity index (χ1) is 11.9. The van der Waals surface area contributed by atoms with E-state index in [0.717, 1.165) is 0 Å². The fourth-order valence-corrected chi connectivity index (χ4v) is 4.76. The average molecular weight is 400 g/mol. The minimum Gasteiger partial charge on any atom is -0.335 e. The fraction of sp³-hybridized carbons (Fsp3) is 0.250. The standard InChI is InChI=1S/C16H15Cl2N3O3S/c17-12-4-5-13(18)15(11-12)25(23,24)21-9-7-20(8-10-21)16(22)14-3-1-2-6-19-14/h1-6,11H,7-10H2. The summed E-state index contributed by atoms with van der Waals surface area (Å²) in [4.78, 5) is 18.0. The third kappa shape index (κ3) is 3.79. The number of hydrogen-bond acceptors (Lipinski definition) is 4. The lowest BCUT2D eigenvalue weighted by Gasteiger charge is -2.34. The zero-order valence-electron chi connectivity index (χ0n) is 13.1. The second kappa shape index (κ2) is 7.29. The SMILES string of the molecule is O=C(c1ccccn1)N1CCN(S(=O)(=O)c2cc(Cl)ccc2Cl)CC1. The molecule has 1 aliphatic heterocycles. The molecule has 6 nitrogen and oxygen atoms in total. The first-order valence-electron chi connectivity index (χ1n) is 7.55. The van der Waals surface area contributed by atoms with Crippen LogP contribution in [0.4, 0.5) is 0 Å². The van der Waals surface area contributed by atoms with Crippen molar-refractivity contribution in [3.8, 4) is 0 Å². The zero-order chi connectivity index (χ0) is 18.0. The summed E-state index contributed by atoms with van der Waals surface area (Å²) in [6.45, 7) is 0.938. The Morgan fingerprint density at radius 1 is 1.04 bits per heavy atom. The molecule has 2 heterocycles. The van der Waals surface area contributed by atoms with Crippen molar-refractivity contribution in [1.82, 2.24) is 14.2 Å². The van der Waals surface area contributed by atoms with Crippen molar-refractivity contribution in [3.63, 3.8) is 0 Å². The number of hydrogen-bond donors (Lipinski definition) is 0. The summed E-state index contributed by atoms with van der Waals surface area (Å²) >= 11 is 11.9. The molecule has 3 rings (SSSR count). The van der Waals surface area contributed by atoms with Gasteiger partial charge in [0.15, 0.2) is 0 Å². The highest BCUT2D eigenvalue weighted by Crippen LogP contribution is 2.28. The van der Waals surface area contributed by atoms with E-state index in [1.54, 1.807) is 29.3 Å². The number of sulfonamides is 1. The van der Waals surface area contributed by atoms with E-state index in [1.165, 1.54) is 22.5 Å². The number of nitrogens with zero attached hydrogens (tertiary/aromatic N) is 3. The Morgan fingerprint density at radius 2 is 1.76 bits per heavy atom. The van der Waals surface area contributed by atoms with Crippen LogP contribution in [0.1, 0.15) is 10.5 Å². The van der Waals surface area contributed by atoms with Gasteiger partial charge in [0, 0.05) is 37.4 Å². The van der Waals surface area contributed by atoms with Gasteiger partial charge in [-0.25, -0.2) is 8.42 Å². The van der Waals surface area contributed by atoms with Gasteiger partial charge < -0.3 is 4.90 Å². The predicted molar refractivity (Wildman–Crippen MR) is 95.4 cm³/mol. The van der Waals surface area contributed by atoms with Gasteiger partial charge in [-0.3, -0.25) is 9.78 Å². The third-order valence-electron chi connectivity index (χ3n) is 3.92. The number of aromatic nitrogens is 1. The average Bonchev–Trinajstić information content (AvgIpc) is 2.64. The normalized spacial score (nSPS) is 16.0. The number of benzene rings is 1. The molecule has 1 aromatic heterocycles. The maximum Gasteiger partial charge on any atom is 0.272 e. The first-order valence-corrected chi connectivity index (χ1v) is 9.75. The number of carbonyl (C=O) groups is 1. The molecule has 1 aliphatic rings. The van der Waals surface area contributed by atoms with Crippen molar-refractivity contribution in [2.45, 2.75) is 4.90 Å². The van der Waals surface area contributed by atoms with Crippen LogP contribution in [0, 0.1) is 0 Å². The quantitative estimate of drug-likeness (QED) is 0.794. The van der Waals surface area contributed by atoms with Crippen LogP contribution in [-0.2, 0) is 10.0 Å². The van der Waals surface area contributed by atoms with Gasteiger partial charge in [0.25, 0.3) is 5.91 Å². The zero-order valence-corrected chi connectivity index (χ0v) is 15.4. The Balaban J connectivity index is 1.73. The summed E-state index contributed by atoms with van der Waals surface area (Å²) < 4.78 is 26.9. The maximum absolute atomic E-state index is 12.8. The first kappa shape index (κ1) is 18.1. The van der Waals surface area contributed by atoms with E-state index in [4.69, 9.17) is 23.2 Å². The van der Waals surface area contributed by atoms with Gasteiger partial charge in [-0.2, -0.15) is 4.31 Å². The monoisotopic (exact) mass is 399 g/mol. The van der Waals surface area contributed by atoms with Crippen molar-refractivity contribution in [1.29, 1.82) is 0 Å². The molecule has 9 heteroatoms. The highest BCUT2D eigenvalue weighted by molar-refractivity contribution is 7.89. The lowest BCUT2D eigenvalue weighted by Crippen LogP contribution is -2.50. The van der Waals surface area contributed by atoms with E-state index in [2.05, 4.69) is 4.98 Å². The minimum atomic E-state index is -3.77. The summed E-state index contributed by atoms with van der Waals surface area (Å²) in [5, 5.41) is 0.420. The Morgan fingerprint density at radius 3 is 2.40 bits per heavy atom. The number of rotatable bonds is 3. The predicted octanol–water partition coefficient (Wildman–Crippen LogP) is 2.54. The van der Waals surface area contributed by atoms with Gasteiger partial charge >= 0.3 is 0 Å². The molecule has 0 saturated carbocycles. The van der Waals surface area contributed by atoms with Crippen molar-refractivity contribution in [2.75, 3.05) is 26.2 Å². The molecule has 0 spiro atoms. The molecule has 0 atom stereocenters. The van der Waals surface area contributed by atoms with Gasteiger partial charge in [0.2, 0.25) is 10.0 Å². The van der Waals surface area contributed by atoms with Crippen molar-refractivity contribution in [3.05, 3.63) is 58.3 Å². The Labute approximate surface area is 156 Å². The Hall–Kier alpha value is -1.67. The molecule has 25 heavy (non-hydrogen) atoms. The van der Waals surface area contributed by atoms with E-state index < -0.39 is 10.0 Å². The van der Waals surface area contributed by atoms with Crippen molar-refractivity contribution >= 4 is 39.1 Å². The molecule has 1 saturated heterocycles. The second-order valence-electron chi connectivity index (χ2n) is 5.49. The number of carbonyl (C=O) groups excluding carboxylic acids is 1. The molecule has 1 amide bonds. The molecule has 2 aromatic rings. The van der Waals surface area contributed by atoms with Crippen LogP contribution < -0.4 is 0 Å². The largest absolute Gasteiger partial charge is 0.335 e. The van der Waals surface area contributed by atoms with Crippen molar-refractivity contribution in [2.24, 2.45) is 0 Å². The van der Waals surface area contributed by atoms with Gasteiger partial charge in [0.05, 0.1) is 5.02 Å². The molecular formula is C16H15Cl2N3O3S. The summed E-state index contributed by atoms with van der Waals surface area (Å²) in [5.41, 5.74) is 0.344. The van der Waals surface area contributed by atoms with Crippen LogP contribution in [0.2, 0.25) is 10.0 Å². The van der Waals surface area contributed by atoms with Crippen LogP contribution in [-0.4, -0.2) is 54.7 Å². The van der Waals surface area contributed by atoms with E-state index in [0.29, 0.717) is 10.7 Å². The number of amides is 1. The van der Waals surface area contributed by atoms with Gasteiger partial charge in [-0.05, 0) is 30.3 Å². The van der Waals surface area contributed by atoms with Crippen LogP contribution >= 0.6 is 23.2 Å². The number of piperazine rings is 1. The van der Waals surface area contributed by atoms with E-state index >= 15 is 0 Å². The highest BCUT2D eigenvalue weighted by atomic mass is 35.5.